The zero-order valence-electron chi connectivity index (χ0n) is 13.2. The zero-order valence-corrected chi connectivity index (χ0v) is 13.2. The third-order valence-corrected chi connectivity index (χ3v) is 4.26. The second kappa shape index (κ2) is 6.23. The van der Waals surface area contributed by atoms with Gasteiger partial charge in [0.2, 0.25) is 5.82 Å². The minimum absolute atomic E-state index is 0.249. The number of aromatic nitrogens is 4. The normalized spacial score (nSPS) is 15.4. The van der Waals surface area contributed by atoms with Crippen molar-refractivity contribution in [3.63, 3.8) is 0 Å². The Morgan fingerprint density at radius 3 is 2.32 bits per heavy atom. The van der Waals surface area contributed by atoms with E-state index in [0.717, 1.165) is 4.52 Å². The monoisotopic (exact) mass is 348 g/mol. The molecule has 25 heavy (non-hydrogen) atoms. The molecule has 9 heteroatoms. The van der Waals surface area contributed by atoms with Crippen LogP contribution in [0, 0.1) is 5.82 Å². The summed E-state index contributed by atoms with van der Waals surface area (Å²) in [5.74, 6) is -0.147. The van der Waals surface area contributed by atoms with Crippen LogP contribution in [0.5, 0.6) is 0 Å². The molecule has 4 rings (SSSR count). The second-order valence-electron chi connectivity index (χ2n) is 5.75. The van der Waals surface area contributed by atoms with Crippen molar-refractivity contribution in [2.24, 2.45) is 0 Å². The predicted molar refractivity (Wildman–Crippen MR) is 86.6 cm³/mol. The summed E-state index contributed by atoms with van der Waals surface area (Å²) in [7, 11) is 0. The Morgan fingerprint density at radius 1 is 0.880 bits per heavy atom. The molecule has 1 aromatic carbocycles. The minimum atomic E-state index is -2.74. The first kappa shape index (κ1) is 15.7. The van der Waals surface area contributed by atoms with Crippen LogP contribution >= 0.6 is 0 Å². The van der Waals surface area contributed by atoms with Crippen molar-refractivity contribution in [3.8, 4) is 0 Å². The predicted octanol–water partition coefficient (Wildman–Crippen LogP) is 2.53. The van der Waals surface area contributed by atoms with Crippen molar-refractivity contribution in [1.82, 2.24) is 19.8 Å². The largest absolute Gasteiger partial charge is 0.366 e. The molecule has 0 saturated carbocycles. The molecule has 1 aliphatic rings. The van der Waals surface area contributed by atoms with Crippen LogP contribution in [0.1, 0.15) is 12.2 Å². The Hall–Kier alpha value is -2.84. The van der Waals surface area contributed by atoms with Gasteiger partial charge in [-0.25, -0.2) is 13.2 Å². The maximum absolute atomic E-state index is 13.9. The first-order valence-corrected chi connectivity index (χ1v) is 7.88. The van der Waals surface area contributed by atoms with E-state index in [2.05, 4.69) is 15.3 Å². The van der Waals surface area contributed by atoms with Crippen LogP contribution in [0.3, 0.4) is 0 Å². The molecular weight excluding hydrogens is 333 g/mol. The molecule has 0 amide bonds. The molecule has 3 heterocycles. The van der Waals surface area contributed by atoms with Crippen molar-refractivity contribution in [2.75, 3.05) is 36.0 Å². The van der Waals surface area contributed by atoms with E-state index < -0.39 is 12.2 Å². The smallest absolute Gasteiger partial charge is 0.299 e. The second-order valence-corrected chi connectivity index (χ2v) is 5.75. The Balaban J connectivity index is 1.53. The molecule has 130 valence electrons. The number of hydrogen-bond donors (Lipinski definition) is 0. The molecule has 3 aromatic rings. The summed E-state index contributed by atoms with van der Waals surface area (Å²) in [5, 5.41) is 11.4. The van der Waals surface area contributed by atoms with Gasteiger partial charge in [-0.3, -0.25) is 0 Å². The topological polar surface area (TPSA) is 49.6 Å². The maximum atomic E-state index is 13.9. The van der Waals surface area contributed by atoms with E-state index in [4.69, 9.17) is 0 Å². The van der Waals surface area contributed by atoms with Crippen molar-refractivity contribution in [1.29, 1.82) is 0 Å². The lowest BCUT2D eigenvalue weighted by molar-refractivity contribution is 0.137. The number of hydrogen-bond acceptors (Lipinski definition) is 5. The van der Waals surface area contributed by atoms with E-state index in [-0.39, 0.29) is 11.5 Å². The number of para-hydroxylation sites is 1. The fourth-order valence-electron chi connectivity index (χ4n) is 2.99. The first-order valence-electron chi connectivity index (χ1n) is 7.88. The van der Waals surface area contributed by atoms with Crippen molar-refractivity contribution in [2.45, 2.75) is 6.43 Å². The fourth-order valence-corrected chi connectivity index (χ4v) is 2.99. The lowest BCUT2D eigenvalue weighted by Crippen LogP contribution is -2.47. The van der Waals surface area contributed by atoms with Crippen LogP contribution in [-0.2, 0) is 0 Å². The van der Waals surface area contributed by atoms with E-state index >= 15 is 0 Å². The highest BCUT2D eigenvalue weighted by Gasteiger charge is 2.22. The number of rotatable bonds is 3. The van der Waals surface area contributed by atoms with Gasteiger partial charge >= 0.3 is 0 Å². The van der Waals surface area contributed by atoms with Crippen molar-refractivity contribution in [3.05, 3.63) is 48.0 Å². The standard InChI is InChI=1S/C16H15F3N6/c17-11-3-1-2-4-12(11)23-7-9-24(10-8-23)14-6-5-13-20-21-16(15(18)19)25(13)22-14/h1-6,15H,7-10H2. The molecule has 0 spiro atoms. The lowest BCUT2D eigenvalue weighted by atomic mass is 10.2. The van der Waals surface area contributed by atoms with Gasteiger partial charge in [0, 0.05) is 26.2 Å². The van der Waals surface area contributed by atoms with Gasteiger partial charge in [-0.2, -0.15) is 4.52 Å². The van der Waals surface area contributed by atoms with Crippen LogP contribution in [0.2, 0.25) is 0 Å². The summed E-state index contributed by atoms with van der Waals surface area (Å²) in [6.07, 6.45) is -2.74. The van der Waals surface area contributed by atoms with Crippen molar-refractivity contribution >= 4 is 17.2 Å². The van der Waals surface area contributed by atoms with Gasteiger partial charge in [0.15, 0.2) is 5.65 Å². The number of alkyl halides is 2. The molecule has 1 saturated heterocycles. The average Bonchev–Trinajstić information content (AvgIpc) is 3.06. The average molecular weight is 348 g/mol. The summed E-state index contributed by atoms with van der Waals surface area (Å²) >= 11 is 0. The number of nitrogens with zero attached hydrogens (tertiary/aromatic N) is 6. The van der Waals surface area contributed by atoms with Gasteiger partial charge in [-0.15, -0.1) is 15.3 Å². The lowest BCUT2D eigenvalue weighted by Gasteiger charge is -2.36. The molecule has 2 aromatic heterocycles. The highest BCUT2D eigenvalue weighted by atomic mass is 19.3. The molecule has 0 radical (unpaired) electrons. The fraction of sp³-hybridized carbons (Fsp3) is 0.312. The van der Waals surface area contributed by atoms with Gasteiger partial charge in [-0.1, -0.05) is 12.1 Å². The highest BCUT2D eigenvalue weighted by molar-refractivity contribution is 5.51. The van der Waals surface area contributed by atoms with E-state index in [1.54, 1.807) is 30.3 Å². The Kier molecular flexibility index (Phi) is 3.90. The summed E-state index contributed by atoms with van der Waals surface area (Å²) in [4.78, 5) is 3.94. The van der Waals surface area contributed by atoms with Crippen LogP contribution in [0.15, 0.2) is 36.4 Å². The van der Waals surface area contributed by atoms with Crippen molar-refractivity contribution < 1.29 is 13.2 Å². The van der Waals surface area contributed by atoms with Gasteiger partial charge < -0.3 is 9.80 Å². The zero-order chi connectivity index (χ0) is 17.4. The van der Waals surface area contributed by atoms with Crippen LogP contribution in [-0.4, -0.2) is 46.0 Å². The quantitative estimate of drug-likeness (QED) is 0.728. The summed E-state index contributed by atoms with van der Waals surface area (Å²) in [6.45, 7) is 2.45. The Morgan fingerprint density at radius 2 is 1.60 bits per heavy atom. The molecule has 6 nitrogen and oxygen atoms in total. The number of anilines is 2. The van der Waals surface area contributed by atoms with E-state index in [1.807, 2.05) is 9.80 Å². The van der Waals surface area contributed by atoms with Gasteiger partial charge in [-0.05, 0) is 24.3 Å². The van der Waals surface area contributed by atoms with Crippen LogP contribution in [0.25, 0.3) is 5.65 Å². The molecule has 0 aliphatic carbocycles. The molecule has 1 fully saturated rings. The van der Waals surface area contributed by atoms with Gasteiger partial charge in [0.1, 0.15) is 11.6 Å². The van der Waals surface area contributed by atoms with Gasteiger partial charge in [0.25, 0.3) is 6.43 Å². The number of halogens is 3. The highest BCUT2D eigenvalue weighted by Crippen LogP contribution is 2.23. The first-order chi connectivity index (χ1) is 12.1. The maximum Gasteiger partial charge on any atom is 0.299 e. The van der Waals surface area contributed by atoms with E-state index in [9.17, 15) is 13.2 Å². The molecule has 0 bridgehead atoms. The minimum Gasteiger partial charge on any atom is -0.366 e. The van der Waals surface area contributed by atoms with Crippen LogP contribution < -0.4 is 9.80 Å². The molecule has 0 unspecified atom stereocenters. The summed E-state index contributed by atoms with van der Waals surface area (Å²) in [5.41, 5.74) is 0.855. The Labute approximate surface area is 141 Å². The number of fused-ring (bicyclic) bond motifs is 1. The summed E-state index contributed by atoms with van der Waals surface area (Å²) < 4.78 is 40.9. The van der Waals surface area contributed by atoms with E-state index in [0.29, 0.717) is 37.7 Å². The molecule has 1 aliphatic heterocycles. The third kappa shape index (κ3) is 2.86. The summed E-state index contributed by atoms with van der Waals surface area (Å²) in [6, 6.07) is 10.0. The Bertz CT molecular complexity index is 888. The molecule has 0 atom stereocenters. The molecule has 0 N–H and O–H groups in total. The van der Waals surface area contributed by atoms with Crippen LogP contribution in [0.4, 0.5) is 24.7 Å². The third-order valence-electron chi connectivity index (χ3n) is 4.26. The SMILES string of the molecule is Fc1ccccc1N1CCN(c2ccc3nnc(C(F)F)n3n2)CC1. The molecular formula is C16H15F3N6. The van der Waals surface area contributed by atoms with E-state index in [1.165, 1.54) is 6.07 Å². The number of benzene rings is 1. The van der Waals surface area contributed by atoms with Gasteiger partial charge in [0.05, 0.1) is 5.69 Å². The number of piperazine rings is 1.